The highest BCUT2D eigenvalue weighted by Gasteiger charge is 2.42. The molecule has 0 spiro atoms. The van der Waals surface area contributed by atoms with Crippen LogP contribution in [0.4, 0.5) is 11.4 Å². The minimum atomic E-state index is -1.43. The van der Waals surface area contributed by atoms with Crippen molar-refractivity contribution in [1.29, 1.82) is 0 Å². The number of ether oxygens (including phenoxy) is 6. The topological polar surface area (TPSA) is 337 Å². The number of aliphatic hydroxyl groups is 2. The summed E-state index contributed by atoms with van der Waals surface area (Å²) in [6.45, 7) is 3.49. The molecule has 28 heteroatoms. The first-order valence-electron chi connectivity index (χ1n) is 35.0. The number of amides is 1. The van der Waals surface area contributed by atoms with Gasteiger partial charge in [0.1, 0.15) is 46.3 Å². The highest BCUT2D eigenvalue weighted by molar-refractivity contribution is 7.99. The predicted molar refractivity (Wildman–Crippen MR) is 409 cm³/mol. The zero-order valence-electron chi connectivity index (χ0n) is 60.3. The van der Waals surface area contributed by atoms with Crippen LogP contribution in [0.5, 0.6) is 11.5 Å². The largest absolute Gasteiger partial charge is 0.497 e. The second kappa shape index (κ2) is 35.8. The molecule has 2 fully saturated rings. The molecule has 0 aliphatic carbocycles. The fourth-order valence-corrected chi connectivity index (χ4v) is 15.2. The number of hydrogen-bond acceptors (Lipinski definition) is 20. The molecule has 2 saturated heterocycles. The van der Waals surface area contributed by atoms with E-state index in [-0.39, 0.29) is 68.4 Å². The van der Waals surface area contributed by atoms with Crippen molar-refractivity contribution in [3.63, 3.8) is 0 Å². The number of rotatable bonds is 30. The second-order valence-corrected chi connectivity index (χ2v) is 28.2. The lowest BCUT2D eigenvalue weighted by atomic mass is 9.79. The van der Waals surface area contributed by atoms with Crippen LogP contribution in [-0.2, 0) is 56.5 Å². The van der Waals surface area contributed by atoms with Crippen LogP contribution in [0.2, 0.25) is 0 Å². The number of hydrogen-bond donors (Lipinski definition) is 4. The molecule has 0 saturated carbocycles. The molecule has 12 rings (SSSR count). The molecule has 1 amide bonds. The van der Waals surface area contributed by atoms with Crippen LogP contribution in [-0.4, -0.2) is 114 Å². The van der Waals surface area contributed by atoms with Crippen LogP contribution in [0.3, 0.4) is 0 Å². The Morgan fingerprint density at radius 3 is 1.23 bits per heavy atom. The van der Waals surface area contributed by atoms with Crippen molar-refractivity contribution >= 4 is 46.8 Å². The lowest BCUT2D eigenvalue weighted by Crippen LogP contribution is -2.42. The molecule has 566 valence electrons. The normalized spacial score (nSPS) is 16.4. The first kappa shape index (κ1) is 79.0. The van der Waals surface area contributed by atoms with Gasteiger partial charge < -0.3 is 49.1 Å². The summed E-state index contributed by atoms with van der Waals surface area (Å²) in [6.07, 6.45) is 3.13. The number of carbonyl (C=O) groups excluding carboxylic acids is 1. The van der Waals surface area contributed by atoms with Crippen molar-refractivity contribution in [2.24, 2.45) is 0 Å². The van der Waals surface area contributed by atoms with Gasteiger partial charge in [-0.15, -0.1) is 23.5 Å². The number of carboxylic acids is 1. The number of aliphatic hydroxyl groups excluding tert-OH is 2. The number of thioether (sulfide) groups is 2. The van der Waals surface area contributed by atoms with Crippen molar-refractivity contribution in [3.8, 4) is 11.5 Å². The number of methoxy groups -OCH3 is 2. The quantitative estimate of drug-likeness (QED) is 0.0141. The van der Waals surface area contributed by atoms with Crippen LogP contribution in [0, 0.1) is 34.1 Å². The Morgan fingerprint density at radius 2 is 0.881 bits per heavy atom. The van der Waals surface area contributed by atoms with Gasteiger partial charge in [-0.2, -0.15) is 0 Å². The van der Waals surface area contributed by atoms with Gasteiger partial charge in [-0.1, -0.05) is 133 Å². The molecule has 109 heavy (non-hydrogen) atoms. The Labute approximate surface area is 634 Å². The van der Waals surface area contributed by atoms with Crippen LogP contribution in [0.1, 0.15) is 114 Å². The summed E-state index contributed by atoms with van der Waals surface area (Å²) >= 11 is 2.44. The SMILES string of the molecule is CNC(=O)c1cc(SCCn2c(=O)c(C)cn([C@H]3CC[C@@H](COC(c4ccccc4)(c4ccc(CO)cc4)c4ccc(OC)cc4)O3)c2=O)ccc1[N+](=O)[O-].COc1ccc(C(OC[C@@H]2CC[C@H](n3cc(C)c(=O)n(CCSc4ccc([N+](=O)[O-])c(C(=O)O)c4)c3=O)O2)(c2ccccc2)c2ccc(CO)cc2)cc1. The van der Waals surface area contributed by atoms with E-state index in [0.717, 1.165) is 55.1 Å². The third-order valence-electron chi connectivity index (χ3n) is 19.1. The van der Waals surface area contributed by atoms with Gasteiger partial charge in [0.05, 0.1) is 62.7 Å². The number of aromatic nitrogens is 4. The zero-order valence-corrected chi connectivity index (χ0v) is 61.9. The van der Waals surface area contributed by atoms with E-state index in [1.807, 2.05) is 158 Å². The highest BCUT2D eigenvalue weighted by atomic mass is 32.2. The summed E-state index contributed by atoms with van der Waals surface area (Å²) in [5.74, 6) is -0.106. The van der Waals surface area contributed by atoms with Crippen LogP contribution in [0.15, 0.2) is 235 Å². The van der Waals surface area contributed by atoms with Crippen molar-refractivity contribution in [2.75, 3.05) is 46.0 Å². The van der Waals surface area contributed by atoms with E-state index in [1.54, 1.807) is 28.1 Å². The monoisotopic (exact) mass is 1520 g/mol. The molecule has 2 aliphatic rings. The zero-order chi connectivity index (χ0) is 77.5. The Kier molecular flexibility index (Phi) is 25.9. The number of nitrogens with zero attached hydrogens (tertiary/aromatic N) is 6. The Hall–Kier alpha value is -11.1. The van der Waals surface area contributed by atoms with Gasteiger partial charge in [0.2, 0.25) is 0 Å². The molecule has 10 aromatic rings. The number of nitro benzene ring substituents is 2. The minimum absolute atomic E-state index is 0.0131. The van der Waals surface area contributed by atoms with E-state index in [0.29, 0.717) is 58.1 Å². The highest BCUT2D eigenvalue weighted by Crippen LogP contribution is 2.45. The number of nitro groups is 2. The van der Waals surface area contributed by atoms with E-state index in [1.165, 1.54) is 87.0 Å². The van der Waals surface area contributed by atoms with Gasteiger partial charge in [0.25, 0.3) is 28.4 Å². The fraction of sp³-hybridized carbons (Fsp3) is 0.284. The standard InChI is InChI=1S/C41H42N4O9S.C40H39N3O10S/c1-27-24-44(40(49)43(39(27)48)21-22-55-34-18-19-36(45(50)51)35(23-34)38(47)42-2)37-20-17-33(54-37)26-53-41(29-7-5-4-6-8-29,30-11-9-28(25-46)10-12-30)31-13-15-32(52-3)16-14-31;1-26-23-42(39(48)41(37(26)45)20-21-54-33-17-18-35(43(49)50)34(22-33)38(46)47)36-19-16-32(53-36)25-52-40(28-6-4-3-5-7-28,29-10-8-27(24-44)9-11-29)30-12-14-31(51-2)15-13-30/h4-16,18-19,23-24,33,37,46H,17,20-22,25-26H2,1-3H3,(H,42,47);3-15,17-18,22-23,32,36,44H,16,19-21,24-25H2,1-2H3,(H,46,47)/t33-,37+,41?;32-,36+,40?/m00/s1. The number of nitrogens with one attached hydrogen (secondary N) is 1. The number of aromatic carboxylic acids is 1. The fourth-order valence-electron chi connectivity index (χ4n) is 13.5. The lowest BCUT2D eigenvalue weighted by Gasteiger charge is -2.37. The van der Waals surface area contributed by atoms with Crippen LogP contribution in [0.25, 0.3) is 0 Å². The summed E-state index contributed by atoms with van der Waals surface area (Å²) < 4.78 is 43.0. The number of aryl methyl sites for hydroxylation is 2. The van der Waals surface area contributed by atoms with E-state index < -0.39 is 85.2 Å². The minimum Gasteiger partial charge on any atom is -0.497 e. The van der Waals surface area contributed by atoms with E-state index in [9.17, 15) is 64.3 Å². The van der Waals surface area contributed by atoms with E-state index in [2.05, 4.69) is 5.32 Å². The molecule has 0 bridgehead atoms. The van der Waals surface area contributed by atoms with Gasteiger partial charge in [0.15, 0.2) is 0 Å². The Morgan fingerprint density at radius 1 is 0.523 bits per heavy atom. The summed E-state index contributed by atoms with van der Waals surface area (Å²) in [5.41, 5.74) is 2.00. The lowest BCUT2D eigenvalue weighted by molar-refractivity contribution is -0.385. The van der Waals surface area contributed by atoms with E-state index in [4.69, 9.17) is 28.4 Å². The molecule has 2 unspecified atom stereocenters. The first-order valence-corrected chi connectivity index (χ1v) is 36.9. The molecule has 2 aromatic heterocycles. The smallest absolute Gasteiger partial charge is 0.342 e. The molecule has 4 heterocycles. The molecule has 26 nitrogen and oxygen atoms in total. The van der Waals surface area contributed by atoms with Gasteiger partial charge in [-0.05, 0) is 133 Å². The number of carbonyl (C=O) groups is 2. The average Bonchev–Trinajstić information content (AvgIpc) is 1.25. The summed E-state index contributed by atoms with van der Waals surface area (Å²) in [4.78, 5) is 100. The molecule has 4 N–H and O–H groups in total. The molecule has 0 radical (unpaired) electrons. The van der Waals surface area contributed by atoms with Gasteiger partial charge in [0, 0.05) is 77.1 Å². The average molecular weight is 1520 g/mol. The van der Waals surface area contributed by atoms with Crippen molar-refractivity contribution in [3.05, 3.63) is 335 Å². The number of benzene rings is 8. The van der Waals surface area contributed by atoms with Crippen LogP contribution < -0.4 is 37.3 Å². The van der Waals surface area contributed by atoms with Crippen molar-refractivity contribution in [1.82, 2.24) is 23.6 Å². The molecular formula is C81H81N7O19S2. The first-order chi connectivity index (χ1) is 52.6. The van der Waals surface area contributed by atoms with Crippen LogP contribution >= 0.6 is 23.5 Å². The van der Waals surface area contributed by atoms with Gasteiger partial charge in [-0.25, -0.2) is 14.4 Å². The summed E-state index contributed by atoms with van der Waals surface area (Å²) in [7, 11) is 4.61. The maximum Gasteiger partial charge on any atom is 0.342 e. The maximum atomic E-state index is 13.8. The predicted octanol–water partition coefficient (Wildman–Crippen LogP) is 11.5. The summed E-state index contributed by atoms with van der Waals surface area (Å²) in [6, 6.07) is 58.3. The van der Waals surface area contributed by atoms with Gasteiger partial charge in [-0.3, -0.25) is 52.9 Å². The van der Waals surface area contributed by atoms with Gasteiger partial charge >= 0.3 is 17.3 Å². The Balaban J connectivity index is 0.000000217. The molecule has 6 atom stereocenters. The molecule has 2 aliphatic heterocycles. The third-order valence-corrected chi connectivity index (χ3v) is 21.1. The van der Waals surface area contributed by atoms with E-state index >= 15 is 0 Å². The van der Waals surface area contributed by atoms with Crippen molar-refractivity contribution in [2.45, 2.75) is 111 Å². The van der Waals surface area contributed by atoms with Crippen molar-refractivity contribution < 1.29 is 63.2 Å². The maximum absolute atomic E-state index is 13.8. The Bertz CT molecular complexity index is 5040. The second-order valence-electron chi connectivity index (χ2n) is 25.8. The number of carboxylic acid groups (broad SMARTS) is 1. The summed E-state index contributed by atoms with van der Waals surface area (Å²) in [5, 5.41) is 54.0. The molecule has 8 aromatic carbocycles. The molecular weight excluding hydrogens is 1440 g/mol. The third kappa shape index (κ3) is 17.6.